The van der Waals surface area contributed by atoms with Gasteiger partial charge in [-0.25, -0.2) is 9.13 Å². The fourth-order valence-electron chi connectivity index (χ4n) is 12.3. The van der Waals surface area contributed by atoms with Gasteiger partial charge < -0.3 is 34.2 Å². The van der Waals surface area contributed by atoms with Crippen LogP contribution in [0.3, 0.4) is 0 Å². The third-order valence-corrected chi connectivity index (χ3v) is 21.1. The molecule has 0 aromatic carbocycles. The van der Waals surface area contributed by atoms with Gasteiger partial charge in [0.1, 0.15) is 25.4 Å². The van der Waals surface area contributed by atoms with E-state index in [1.165, 1.54) is 154 Å². The molecule has 0 saturated carbocycles. The molecule has 0 heterocycles. The number of allylic oxidation sites excluding steroid dienone is 26. The van der Waals surface area contributed by atoms with Crippen LogP contribution in [0.25, 0.3) is 0 Å². The molecular weight excluding hydrogens is 1480 g/mol. The van der Waals surface area contributed by atoms with Gasteiger partial charge in [0, 0.05) is 19.3 Å². The molecule has 0 fully saturated rings. The first-order valence-corrected chi connectivity index (χ1v) is 48.8. The van der Waals surface area contributed by atoms with E-state index in [-0.39, 0.29) is 19.3 Å². The lowest BCUT2D eigenvalue weighted by Gasteiger charge is -2.21. The summed E-state index contributed by atoms with van der Waals surface area (Å²) in [5.74, 6) is -1.58. The van der Waals surface area contributed by atoms with Crippen LogP contribution in [0.4, 0.5) is 0 Å². The highest BCUT2D eigenvalue weighted by molar-refractivity contribution is 7.47. The second-order valence-electron chi connectivity index (χ2n) is 30.3. The number of esters is 3. The molecule has 0 spiro atoms. The third-order valence-electron chi connectivity index (χ3n) is 19.2. The molecule has 4 N–H and O–H groups in total. The van der Waals surface area contributed by atoms with Crippen LogP contribution in [-0.4, -0.2) is 95.9 Å². The van der Waals surface area contributed by atoms with E-state index < -0.39 is 91.5 Å². The van der Waals surface area contributed by atoms with Crippen molar-refractivity contribution >= 4 is 33.6 Å². The fraction of sp³-hybridized carbons (Fsp3) is 0.701. The van der Waals surface area contributed by atoms with Crippen LogP contribution in [0.15, 0.2) is 158 Å². The molecule has 5 atom stereocenters. The number of aliphatic hydroxyl groups is 2. The molecule has 0 saturated heterocycles. The average molecular weight is 1650 g/mol. The van der Waals surface area contributed by atoms with Crippen molar-refractivity contribution in [3.05, 3.63) is 158 Å². The summed E-state index contributed by atoms with van der Waals surface area (Å²) in [6, 6.07) is 0. The summed E-state index contributed by atoms with van der Waals surface area (Å²) in [6.45, 7) is 2.45. The summed E-state index contributed by atoms with van der Waals surface area (Å²) >= 11 is 0. The van der Waals surface area contributed by atoms with E-state index in [0.29, 0.717) is 19.3 Å². The Morgan fingerprint density at radius 1 is 0.252 bits per heavy atom. The number of unbranched alkanes of at least 4 members (excludes halogenated alkanes) is 37. The van der Waals surface area contributed by atoms with E-state index in [9.17, 15) is 43.5 Å². The Bertz CT molecular complexity index is 2720. The predicted molar refractivity (Wildman–Crippen MR) is 482 cm³/mol. The molecule has 0 aromatic rings. The highest BCUT2D eigenvalue weighted by Crippen LogP contribution is 2.45. The lowest BCUT2D eigenvalue weighted by molar-refractivity contribution is -0.161. The van der Waals surface area contributed by atoms with Crippen molar-refractivity contribution in [2.24, 2.45) is 0 Å². The van der Waals surface area contributed by atoms with Crippen molar-refractivity contribution in [1.29, 1.82) is 0 Å². The van der Waals surface area contributed by atoms with Crippen LogP contribution in [0.1, 0.15) is 380 Å². The summed E-state index contributed by atoms with van der Waals surface area (Å²) < 4.78 is 61.5. The Balaban J connectivity index is 4.56. The van der Waals surface area contributed by atoms with Gasteiger partial charge in [0.25, 0.3) is 0 Å². The Hall–Kier alpha value is -4.83. The molecule has 115 heavy (non-hydrogen) atoms. The van der Waals surface area contributed by atoms with Crippen LogP contribution < -0.4 is 0 Å². The first-order valence-electron chi connectivity index (χ1n) is 45.8. The summed E-state index contributed by atoms with van der Waals surface area (Å²) in [5, 5.41) is 20.7. The molecule has 0 amide bonds. The van der Waals surface area contributed by atoms with Crippen LogP contribution in [0.2, 0.25) is 0 Å². The summed E-state index contributed by atoms with van der Waals surface area (Å²) in [5.41, 5.74) is 0. The van der Waals surface area contributed by atoms with Gasteiger partial charge in [-0.2, -0.15) is 0 Å². The van der Waals surface area contributed by atoms with Gasteiger partial charge in [-0.05, 0) is 148 Å². The van der Waals surface area contributed by atoms with Crippen molar-refractivity contribution < 1.29 is 75.8 Å². The maximum atomic E-state index is 13.1. The molecule has 0 rings (SSSR count). The second kappa shape index (κ2) is 88.5. The highest BCUT2D eigenvalue weighted by atomic mass is 31.2. The normalized spacial score (nSPS) is 14.5. The molecular formula is C97H166O16P2. The quantitative estimate of drug-likeness (QED) is 0.0146. The van der Waals surface area contributed by atoms with Gasteiger partial charge in [0.15, 0.2) is 6.10 Å². The van der Waals surface area contributed by atoms with Gasteiger partial charge >= 0.3 is 33.6 Å². The molecule has 0 aromatic heterocycles. The number of ether oxygens (including phenoxy) is 3. The van der Waals surface area contributed by atoms with E-state index in [1.807, 2.05) is 0 Å². The lowest BCUT2D eigenvalue weighted by Crippen LogP contribution is -2.30. The van der Waals surface area contributed by atoms with Gasteiger partial charge in [0.2, 0.25) is 0 Å². The first kappa shape index (κ1) is 110. The number of aliphatic hydroxyl groups excluding tert-OH is 2. The first-order chi connectivity index (χ1) is 56.2. The van der Waals surface area contributed by atoms with Crippen molar-refractivity contribution in [2.75, 3.05) is 39.6 Å². The van der Waals surface area contributed by atoms with E-state index in [2.05, 4.69) is 179 Å². The number of carbonyl (C=O) groups is 3. The highest BCUT2D eigenvalue weighted by Gasteiger charge is 2.29. The smallest absolute Gasteiger partial charge is 0.463 e. The largest absolute Gasteiger partial charge is 0.472 e. The second-order valence-corrected chi connectivity index (χ2v) is 33.2. The van der Waals surface area contributed by atoms with Crippen molar-refractivity contribution in [1.82, 2.24) is 0 Å². The number of phosphoric acid groups is 2. The zero-order valence-corrected chi connectivity index (χ0v) is 74.5. The Kier molecular flexibility index (Phi) is 84.7. The molecule has 0 aliphatic heterocycles. The van der Waals surface area contributed by atoms with Crippen LogP contribution in [0, 0.1) is 0 Å². The SMILES string of the molecule is CC/C=C\C/C=C\C/C=C\C/C=C\C/C=C\CCCCCCCCCCCCCCCC(=O)OCC(COP(=O)(O)OCC(O)COP(=O)(O)OCC(O)COC(=O)CCCCCCCCCCCCCCCCC/C=C\C/C=C\C/C=C\C/C=C\CCCCC)OC(=O)CCCCCCCC/C=C\C/C=C\C/C=C\C/C=C\CC. The molecule has 0 bridgehead atoms. The maximum absolute atomic E-state index is 13.1. The average Bonchev–Trinajstić information content (AvgIpc) is 0.894. The zero-order valence-electron chi connectivity index (χ0n) is 72.7. The van der Waals surface area contributed by atoms with Crippen molar-refractivity contribution in [3.63, 3.8) is 0 Å². The molecule has 0 aliphatic carbocycles. The minimum absolute atomic E-state index is 0.0850. The molecule has 0 radical (unpaired) electrons. The topological polar surface area (TPSA) is 231 Å². The van der Waals surface area contributed by atoms with Crippen LogP contribution >= 0.6 is 15.6 Å². The Morgan fingerprint density at radius 3 is 0.730 bits per heavy atom. The number of hydrogen-bond acceptors (Lipinski definition) is 14. The molecule has 660 valence electrons. The monoisotopic (exact) mass is 1650 g/mol. The van der Waals surface area contributed by atoms with E-state index >= 15 is 0 Å². The van der Waals surface area contributed by atoms with E-state index in [1.54, 1.807) is 0 Å². The molecule has 18 heteroatoms. The van der Waals surface area contributed by atoms with Crippen LogP contribution in [-0.2, 0) is 55.8 Å². The minimum atomic E-state index is -4.95. The van der Waals surface area contributed by atoms with E-state index in [0.717, 1.165) is 167 Å². The van der Waals surface area contributed by atoms with Gasteiger partial charge in [-0.1, -0.05) is 371 Å². The number of hydrogen-bond donors (Lipinski definition) is 4. The van der Waals surface area contributed by atoms with Gasteiger partial charge in [-0.15, -0.1) is 0 Å². The Morgan fingerprint density at radius 2 is 0.461 bits per heavy atom. The molecule has 0 aliphatic rings. The standard InChI is InChI=1S/C97H166O16P2/c1-4-7-10-13-16-19-22-25-28-31-34-36-38-40-42-44-45-47-49-50-52-54-57-59-62-65-68-71-74-77-80-83-95(100)107-86-92(98)87-109-114(103,104)110-88-93(99)89-111-115(105,106)112-91-94(113-97(102)85-82-79-76-73-70-67-64-61-56-33-30-27-24-21-18-15-12-9-6-3)90-108-96(101)84-81-78-75-72-69-66-63-60-58-55-53-51-48-46-43-41-39-37-35-32-29-26-23-20-17-14-11-8-5-2/h8-9,11-12,16-21,25-30,34-37,40-43,56,61,92-94,98-99H,4-7,10,13-15,22-24,31-33,38-39,44-55,57-60,62-91H2,1-3H3,(H,103,104)(H,105,106)/b11-8-,12-9-,19-16-,20-17-,21-18-,28-25-,29-26-,30-27-,36-34-,37-35-,42-40-,43-41-,61-56-. The summed E-state index contributed by atoms with van der Waals surface area (Å²) in [6.07, 6.45) is 113. The fourth-order valence-corrected chi connectivity index (χ4v) is 13.9. The van der Waals surface area contributed by atoms with Crippen molar-refractivity contribution in [2.45, 2.75) is 399 Å². The van der Waals surface area contributed by atoms with Crippen molar-refractivity contribution in [3.8, 4) is 0 Å². The molecule has 16 nitrogen and oxygen atoms in total. The van der Waals surface area contributed by atoms with Crippen LogP contribution in [0.5, 0.6) is 0 Å². The predicted octanol–water partition coefficient (Wildman–Crippen LogP) is 28.1. The molecule has 5 unspecified atom stereocenters. The number of phosphoric ester groups is 2. The maximum Gasteiger partial charge on any atom is 0.472 e. The third kappa shape index (κ3) is 89.8. The zero-order chi connectivity index (χ0) is 83.6. The van der Waals surface area contributed by atoms with E-state index in [4.69, 9.17) is 32.3 Å². The number of carbonyl (C=O) groups excluding carboxylic acids is 3. The Labute approximate surface area is 701 Å². The summed E-state index contributed by atoms with van der Waals surface area (Å²) in [7, 11) is -9.81. The minimum Gasteiger partial charge on any atom is -0.463 e. The lowest BCUT2D eigenvalue weighted by atomic mass is 10.0. The summed E-state index contributed by atoms with van der Waals surface area (Å²) in [4.78, 5) is 59.0. The van der Waals surface area contributed by atoms with Gasteiger partial charge in [-0.3, -0.25) is 32.5 Å². The van der Waals surface area contributed by atoms with Gasteiger partial charge in [0.05, 0.1) is 26.4 Å². The number of rotatable bonds is 86.